The van der Waals surface area contributed by atoms with Crippen LogP contribution in [-0.2, 0) is 0 Å². The Morgan fingerprint density at radius 3 is 2.93 bits per heavy atom. The normalized spacial score (nSPS) is 12.1. The van der Waals surface area contributed by atoms with E-state index < -0.39 is 6.10 Å². The molecule has 0 aliphatic carbocycles. The van der Waals surface area contributed by atoms with Gasteiger partial charge in [-0.2, -0.15) is 0 Å². The number of hydrogen-bond donors (Lipinski definition) is 3. The van der Waals surface area contributed by atoms with Gasteiger partial charge in [0.25, 0.3) is 5.91 Å². The van der Waals surface area contributed by atoms with Gasteiger partial charge in [-0.15, -0.1) is 0 Å². The van der Waals surface area contributed by atoms with E-state index in [1.165, 1.54) is 18.5 Å². The number of aliphatic hydroxyl groups excluding tert-OH is 1. The molecule has 0 saturated heterocycles. The summed E-state index contributed by atoms with van der Waals surface area (Å²) in [6, 6.07) is 1.31. The number of aromatic nitrogens is 1. The molecule has 0 unspecified atom stereocenters. The number of carbonyl (C=O) groups excluding carboxylic acids is 1. The third-order valence-electron chi connectivity index (χ3n) is 1.54. The van der Waals surface area contributed by atoms with E-state index >= 15 is 0 Å². The van der Waals surface area contributed by atoms with E-state index in [2.05, 4.69) is 10.3 Å². The van der Waals surface area contributed by atoms with Crippen molar-refractivity contribution >= 4 is 5.91 Å². The van der Waals surface area contributed by atoms with Crippen LogP contribution in [0.15, 0.2) is 18.5 Å². The zero-order valence-electron chi connectivity index (χ0n) is 7.77. The fraction of sp³-hybridized carbons (Fsp3) is 0.333. The van der Waals surface area contributed by atoms with Crippen molar-refractivity contribution in [2.45, 2.75) is 13.0 Å². The Morgan fingerprint density at radius 1 is 1.64 bits per heavy atom. The minimum absolute atomic E-state index is 0.0605. The van der Waals surface area contributed by atoms with Gasteiger partial charge in [0.05, 0.1) is 17.9 Å². The topological polar surface area (TPSA) is 82.5 Å². The Kier molecular flexibility index (Phi) is 3.41. The quantitative estimate of drug-likeness (QED) is 0.630. The van der Waals surface area contributed by atoms with Crippen LogP contribution in [0.1, 0.15) is 17.3 Å². The molecule has 1 atom stereocenters. The van der Waals surface area contributed by atoms with Crippen molar-refractivity contribution in [2.75, 3.05) is 6.54 Å². The van der Waals surface area contributed by atoms with E-state index in [9.17, 15) is 4.79 Å². The molecule has 0 aromatic carbocycles. The first-order chi connectivity index (χ1) is 6.59. The first-order valence-electron chi connectivity index (χ1n) is 4.20. The Bertz CT molecular complexity index is 326. The van der Waals surface area contributed by atoms with Crippen LogP contribution in [-0.4, -0.2) is 33.8 Å². The summed E-state index contributed by atoms with van der Waals surface area (Å²) in [5.74, 6) is -0.427. The standard InChI is InChI=1S/C9H12N2O3/c1-6(12)3-11-9(14)7-2-8(13)5-10-4-7/h2,4-6,12-13H,3H2,1H3,(H,11,14)/t6-/m0/s1. The van der Waals surface area contributed by atoms with Crippen LogP contribution in [0.5, 0.6) is 5.75 Å². The van der Waals surface area contributed by atoms with Gasteiger partial charge in [-0.25, -0.2) is 0 Å². The molecule has 5 nitrogen and oxygen atoms in total. The summed E-state index contributed by atoms with van der Waals surface area (Å²) in [6.07, 6.45) is 1.99. The number of nitrogens with one attached hydrogen (secondary N) is 1. The van der Waals surface area contributed by atoms with Gasteiger partial charge < -0.3 is 15.5 Å². The lowest BCUT2D eigenvalue weighted by molar-refractivity contribution is 0.0923. The van der Waals surface area contributed by atoms with Crippen LogP contribution < -0.4 is 5.32 Å². The summed E-state index contributed by atoms with van der Waals surface area (Å²) in [5, 5.41) is 20.5. The molecular formula is C9H12N2O3. The molecule has 0 saturated carbocycles. The van der Waals surface area contributed by atoms with Crippen LogP contribution in [0.25, 0.3) is 0 Å². The molecule has 5 heteroatoms. The number of pyridine rings is 1. The summed E-state index contributed by atoms with van der Waals surface area (Å²) in [4.78, 5) is 15.0. The summed E-state index contributed by atoms with van der Waals surface area (Å²) < 4.78 is 0. The van der Waals surface area contributed by atoms with Gasteiger partial charge >= 0.3 is 0 Å². The highest BCUT2D eigenvalue weighted by atomic mass is 16.3. The summed E-state index contributed by atoms with van der Waals surface area (Å²) >= 11 is 0. The van der Waals surface area contributed by atoms with E-state index in [4.69, 9.17) is 10.2 Å². The zero-order valence-corrected chi connectivity index (χ0v) is 7.77. The van der Waals surface area contributed by atoms with E-state index in [0.717, 1.165) is 0 Å². The van der Waals surface area contributed by atoms with Crippen LogP contribution in [0.2, 0.25) is 0 Å². The Balaban J connectivity index is 2.61. The predicted octanol–water partition coefficient (Wildman–Crippen LogP) is -0.102. The van der Waals surface area contributed by atoms with Crippen molar-refractivity contribution in [1.29, 1.82) is 0 Å². The number of amides is 1. The summed E-state index contributed by atoms with van der Waals surface area (Å²) in [6.45, 7) is 1.75. The molecule has 1 heterocycles. The van der Waals surface area contributed by atoms with Gasteiger partial charge in [-0.05, 0) is 13.0 Å². The third-order valence-corrected chi connectivity index (χ3v) is 1.54. The number of nitrogens with zero attached hydrogens (tertiary/aromatic N) is 1. The lowest BCUT2D eigenvalue weighted by Crippen LogP contribution is -2.30. The van der Waals surface area contributed by atoms with Gasteiger partial charge in [-0.1, -0.05) is 0 Å². The first-order valence-corrected chi connectivity index (χ1v) is 4.20. The highest BCUT2D eigenvalue weighted by Crippen LogP contribution is 2.07. The van der Waals surface area contributed by atoms with Gasteiger partial charge in [0.2, 0.25) is 0 Å². The molecule has 1 aromatic heterocycles. The third kappa shape index (κ3) is 3.02. The molecule has 0 spiro atoms. The predicted molar refractivity (Wildman–Crippen MR) is 49.9 cm³/mol. The lowest BCUT2D eigenvalue weighted by atomic mass is 10.2. The van der Waals surface area contributed by atoms with Crippen LogP contribution in [0, 0.1) is 0 Å². The van der Waals surface area contributed by atoms with Gasteiger partial charge in [-0.3, -0.25) is 9.78 Å². The minimum Gasteiger partial charge on any atom is -0.506 e. The van der Waals surface area contributed by atoms with Crippen LogP contribution in [0.3, 0.4) is 0 Å². The average Bonchev–Trinajstić information content (AvgIpc) is 2.14. The van der Waals surface area contributed by atoms with Crippen molar-refractivity contribution in [3.05, 3.63) is 24.0 Å². The molecule has 0 aliphatic heterocycles. The molecule has 76 valence electrons. The maximum atomic E-state index is 11.3. The molecule has 0 radical (unpaired) electrons. The molecule has 14 heavy (non-hydrogen) atoms. The fourth-order valence-corrected chi connectivity index (χ4v) is 0.894. The smallest absolute Gasteiger partial charge is 0.253 e. The second-order valence-electron chi connectivity index (χ2n) is 2.99. The van der Waals surface area contributed by atoms with Gasteiger partial charge in [0.15, 0.2) is 0 Å². The van der Waals surface area contributed by atoms with E-state index in [0.29, 0.717) is 0 Å². The fourth-order valence-electron chi connectivity index (χ4n) is 0.894. The van der Waals surface area contributed by atoms with Crippen LogP contribution >= 0.6 is 0 Å². The SMILES string of the molecule is C[C@H](O)CNC(=O)c1cncc(O)c1. The first kappa shape index (κ1) is 10.5. The summed E-state index contributed by atoms with van der Waals surface area (Å²) in [5.41, 5.74) is 0.269. The van der Waals surface area contributed by atoms with E-state index in [-0.39, 0.29) is 23.8 Å². The molecule has 1 aromatic rings. The highest BCUT2D eigenvalue weighted by molar-refractivity contribution is 5.94. The number of carbonyl (C=O) groups is 1. The number of hydrogen-bond acceptors (Lipinski definition) is 4. The number of rotatable bonds is 3. The van der Waals surface area contributed by atoms with Crippen molar-refractivity contribution in [3.8, 4) is 5.75 Å². The van der Waals surface area contributed by atoms with Crippen LogP contribution in [0.4, 0.5) is 0 Å². The molecule has 0 bridgehead atoms. The molecule has 1 rings (SSSR count). The van der Waals surface area contributed by atoms with Gasteiger partial charge in [0, 0.05) is 12.7 Å². The largest absolute Gasteiger partial charge is 0.506 e. The molecular weight excluding hydrogens is 184 g/mol. The van der Waals surface area contributed by atoms with Crippen molar-refractivity contribution in [3.63, 3.8) is 0 Å². The molecule has 0 aliphatic rings. The lowest BCUT2D eigenvalue weighted by Gasteiger charge is -2.06. The van der Waals surface area contributed by atoms with Crippen molar-refractivity contribution in [2.24, 2.45) is 0 Å². The molecule has 3 N–H and O–H groups in total. The van der Waals surface area contributed by atoms with Gasteiger partial charge in [0.1, 0.15) is 5.75 Å². The zero-order chi connectivity index (χ0) is 10.6. The second kappa shape index (κ2) is 4.57. The van der Waals surface area contributed by atoms with Crippen molar-refractivity contribution in [1.82, 2.24) is 10.3 Å². The maximum Gasteiger partial charge on any atom is 0.253 e. The Morgan fingerprint density at radius 2 is 2.36 bits per heavy atom. The average molecular weight is 196 g/mol. The minimum atomic E-state index is -0.593. The number of aromatic hydroxyl groups is 1. The van der Waals surface area contributed by atoms with E-state index in [1.54, 1.807) is 6.92 Å². The Hall–Kier alpha value is -1.62. The monoisotopic (exact) mass is 196 g/mol. The highest BCUT2D eigenvalue weighted by Gasteiger charge is 2.06. The Labute approximate surface area is 81.4 Å². The molecule has 0 fully saturated rings. The van der Waals surface area contributed by atoms with Crippen molar-refractivity contribution < 1.29 is 15.0 Å². The summed E-state index contributed by atoms with van der Waals surface area (Å²) in [7, 11) is 0. The molecule has 1 amide bonds. The maximum absolute atomic E-state index is 11.3. The second-order valence-corrected chi connectivity index (χ2v) is 2.99. The van der Waals surface area contributed by atoms with E-state index in [1.807, 2.05) is 0 Å². The number of aliphatic hydroxyl groups is 1.